The van der Waals surface area contributed by atoms with E-state index in [-0.39, 0.29) is 5.91 Å². The van der Waals surface area contributed by atoms with Crippen LogP contribution in [0.2, 0.25) is 0 Å². The fourth-order valence-corrected chi connectivity index (χ4v) is 2.97. The molecule has 1 amide bonds. The van der Waals surface area contributed by atoms with Crippen molar-refractivity contribution >= 4 is 11.6 Å². The number of nitrogens with two attached hydrogens (primary N) is 1. The molecule has 106 valence electrons. The molecule has 2 rings (SSSR count). The van der Waals surface area contributed by atoms with Gasteiger partial charge >= 0.3 is 0 Å². The fourth-order valence-electron chi connectivity index (χ4n) is 2.97. The number of nitrogen functional groups attached to an aromatic ring is 1. The van der Waals surface area contributed by atoms with E-state index in [4.69, 9.17) is 5.73 Å². The minimum Gasteiger partial charge on any atom is -0.397 e. The number of aromatic nitrogens is 1. The number of likely N-dealkylation sites (tertiary alicyclic amines) is 1. The molecule has 0 saturated carbocycles. The highest BCUT2D eigenvalue weighted by Gasteiger charge is 2.24. The Kier molecular flexibility index (Phi) is 4.51. The van der Waals surface area contributed by atoms with Crippen LogP contribution in [0.4, 0.5) is 5.69 Å². The van der Waals surface area contributed by atoms with E-state index in [0.29, 0.717) is 5.69 Å². The van der Waals surface area contributed by atoms with E-state index >= 15 is 0 Å². The molecule has 0 atom stereocenters. The van der Waals surface area contributed by atoms with Crippen LogP contribution >= 0.6 is 0 Å². The van der Waals surface area contributed by atoms with Gasteiger partial charge in [0.2, 0.25) is 0 Å². The fraction of sp³-hybridized carbons (Fsp3) is 0.667. The number of rotatable bonds is 4. The van der Waals surface area contributed by atoms with Gasteiger partial charge in [-0.15, -0.1) is 0 Å². The molecule has 0 aromatic carbocycles. The summed E-state index contributed by atoms with van der Waals surface area (Å²) < 4.78 is 1.94. The number of carbonyl (C=O) groups excluding carboxylic acids is 1. The summed E-state index contributed by atoms with van der Waals surface area (Å²) in [5.41, 5.74) is 7.20. The van der Waals surface area contributed by atoms with Gasteiger partial charge in [0.1, 0.15) is 5.69 Å². The van der Waals surface area contributed by atoms with Crippen molar-refractivity contribution in [1.82, 2.24) is 9.47 Å². The van der Waals surface area contributed by atoms with Gasteiger partial charge in [-0.25, -0.2) is 0 Å². The van der Waals surface area contributed by atoms with Crippen molar-refractivity contribution in [2.24, 2.45) is 5.92 Å². The third-order valence-corrected chi connectivity index (χ3v) is 4.08. The van der Waals surface area contributed by atoms with E-state index in [9.17, 15) is 4.79 Å². The summed E-state index contributed by atoms with van der Waals surface area (Å²) in [4.78, 5) is 14.5. The van der Waals surface area contributed by atoms with E-state index in [1.807, 2.05) is 22.6 Å². The third kappa shape index (κ3) is 3.11. The van der Waals surface area contributed by atoms with E-state index < -0.39 is 0 Å². The Balaban J connectivity index is 2.01. The zero-order chi connectivity index (χ0) is 13.8. The maximum atomic E-state index is 12.5. The van der Waals surface area contributed by atoms with Gasteiger partial charge in [-0.1, -0.05) is 19.8 Å². The van der Waals surface area contributed by atoms with Crippen LogP contribution in [0.25, 0.3) is 0 Å². The number of carbonyl (C=O) groups is 1. The Labute approximate surface area is 115 Å². The molecular weight excluding hydrogens is 238 g/mol. The highest BCUT2D eigenvalue weighted by molar-refractivity contribution is 5.93. The number of nitrogens with zero attached hydrogens (tertiary/aromatic N) is 2. The Morgan fingerprint density at radius 1 is 1.37 bits per heavy atom. The molecule has 2 heterocycles. The van der Waals surface area contributed by atoms with Gasteiger partial charge in [0.05, 0.1) is 5.69 Å². The first-order valence-corrected chi connectivity index (χ1v) is 7.40. The average molecular weight is 263 g/mol. The van der Waals surface area contributed by atoms with Crippen molar-refractivity contribution in [2.75, 3.05) is 18.8 Å². The molecule has 0 aliphatic carbocycles. The van der Waals surface area contributed by atoms with E-state index in [0.717, 1.165) is 44.1 Å². The molecule has 0 bridgehead atoms. The third-order valence-electron chi connectivity index (χ3n) is 4.08. The molecule has 2 N–H and O–H groups in total. The number of anilines is 1. The molecule has 4 nitrogen and oxygen atoms in total. The molecule has 1 saturated heterocycles. The van der Waals surface area contributed by atoms with Gasteiger partial charge in [-0.2, -0.15) is 0 Å². The first-order chi connectivity index (χ1) is 9.15. The van der Waals surface area contributed by atoms with Gasteiger partial charge < -0.3 is 15.2 Å². The zero-order valence-electron chi connectivity index (χ0n) is 12.1. The van der Waals surface area contributed by atoms with Gasteiger partial charge in [0.25, 0.3) is 5.91 Å². The molecule has 1 aliphatic rings. The quantitative estimate of drug-likeness (QED) is 0.908. The smallest absolute Gasteiger partial charge is 0.270 e. The van der Waals surface area contributed by atoms with Crippen molar-refractivity contribution < 1.29 is 4.79 Å². The molecule has 1 aromatic heterocycles. The Bertz CT molecular complexity index is 431. The minimum absolute atomic E-state index is 0.133. The molecule has 1 aromatic rings. The normalized spacial score (nSPS) is 16.8. The predicted octanol–water partition coefficient (Wildman–Crippen LogP) is 2.74. The zero-order valence-corrected chi connectivity index (χ0v) is 12.1. The summed E-state index contributed by atoms with van der Waals surface area (Å²) >= 11 is 0. The van der Waals surface area contributed by atoms with Crippen molar-refractivity contribution in [3.63, 3.8) is 0 Å². The summed E-state index contributed by atoms with van der Waals surface area (Å²) in [6, 6.07) is 1.80. The maximum absolute atomic E-state index is 12.5. The molecule has 0 radical (unpaired) electrons. The minimum atomic E-state index is 0.133. The Hall–Kier alpha value is -1.45. The lowest BCUT2D eigenvalue weighted by Gasteiger charge is -2.32. The molecule has 0 spiro atoms. The standard InChI is InChI=1S/C15H25N3O/c1-3-5-12-6-8-18(9-7-12)15(19)14-10-13(16)11-17(14)4-2/h10-12H,3-9,16H2,1-2H3. The Morgan fingerprint density at radius 2 is 2.05 bits per heavy atom. The summed E-state index contributed by atoms with van der Waals surface area (Å²) in [5, 5.41) is 0. The van der Waals surface area contributed by atoms with Crippen LogP contribution in [0.1, 0.15) is 50.0 Å². The molecule has 1 aliphatic heterocycles. The second-order valence-corrected chi connectivity index (χ2v) is 5.47. The topological polar surface area (TPSA) is 51.3 Å². The van der Waals surface area contributed by atoms with Crippen molar-refractivity contribution in [2.45, 2.75) is 46.1 Å². The lowest BCUT2D eigenvalue weighted by atomic mass is 9.92. The summed E-state index contributed by atoms with van der Waals surface area (Å²) in [6.07, 6.45) is 6.66. The Morgan fingerprint density at radius 3 is 2.63 bits per heavy atom. The molecule has 19 heavy (non-hydrogen) atoms. The average Bonchev–Trinajstić information content (AvgIpc) is 2.80. The van der Waals surface area contributed by atoms with E-state index in [1.165, 1.54) is 12.8 Å². The number of aryl methyl sites for hydroxylation is 1. The summed E-state index contributed by atoms with van der Waals surface area (Å²) in [6.45, 7) is 6.82. The molecule has 1 fully saturated rings. The van der Waals surface area contributed by atoms with Crippen LogP contribution in [-0.4, -0.2) is 28.5 Å². The first-order valence-electron chi connectivity index (χ1n) is 7.40. The van der Waals surface area contributed by atoms with Gasteiger partial charge in [-0.05, 0) is 31.7 Å². The van der Waals surface area contributed by atoms with Crippen LogP contribution in [0.5, 0.6) is 0 Å². The van der Waals surface area contributed by atoms with Gasteiger partial charge in [0, 0.05) is 25.8 Å². The molecule has 0 unspecified atom stereocenters. The second-order valence-electron chi connectivity index (χ2n) is 5.47. The van der Waals surface area contributed by atoms with Crippen LogP contribution in [0.3, 0.4) is 0 Å². The largest absolute Gasteiger partial charge is 0.397 e. The lowest BCUT2D eigenvalue weighted by molar-refractivity contribution is 0.0676. The van der Waals surface area contributed by atoms with Crippen LogP contribution in [-0.2, 0) is 6.54 Å². The monoisotopic (exact) mass is 263 g/mol. The molecular formula is C15H25N3O. The second kappa shape index (κ2) is 6.13. The first kappa shape index (κ1) is 14.0. The SMILES string of the molecule is CCCC1CCN(C(=O)c2cc(N)cn2CC)CC1. The van der Waals surface area contributed by atoms with E-state index in [1.54, 1.807) is 6.07 Å². The maximum Gasteiger partial charge on any atom is 0.270 e. The van der Waals surface area contributed by atoms with Crippen molar-refractivity contribution in [1.29, 1.82) is 0 Å². The number of hydrogen-bond acceptors (Lipinski definition) is 2. The van der Waals surface area contributed by atoms with Gasteiger partial charge in [-0.3, -0.25) is 4.79 Å². The summed E-state index contributed by atoms with van der Waals surface area (Å²) in [7, 11) is 0. The van der Waals surface area contributed by atoms with Crippen LogP contribution in [0, 0.1) is 5.92 Å². The highest BCUT2D eigenvalue weighted by Crippen LogP contribution is 2.23. The van der Waals surface area contributed by atoms with Crippen LogP contribution < -0.4 is 5.73 Å². The highest BCUT2D eigenvalue weighted by atomic mass is 16.2. The molecule has 4 heteroatoms. The number of hydrogen-bond donors (Lipinski definition) is 1. The number of piperidine rings is 1. The number of amides is 1. The van der Waals surface area contributed by atoms with E-state index in [2.05, 4.69) is 6.92 Å². The van der Waals surface area contributed by atoms with Crippen molar-refractivity contribution in [3.8, 4) is 0 Å². The predicted molar refractivity (Wildman–Crippen MR) is 78.1 cm³/mol. The van der Waals surface area contributed by atoms with Gasteiger partial charge in [0.15, 0.2) is 0 Å². The summed E-state index contributed by atoms with van der Waals surface area (Å²) in [5.74, 6) is 0.936. The van der Waals surface area contributed by atoms with Crippen molar-refractivity contribution in [3.05, 3.63) is 18.0 Å². The lowest BCUT2D eigenvalue weighted by Crippen LogP contribution is -2.39. The van der Waals surface area contributed by atoms with Crippen LogP contribution in [0.15, 0.2) is 12.3 Å².